The summed E-state index contributed by atoms with van der Waals surface area (Å²) in [5, 5.41) is 11.0. The summed E-state index contributed by atoms with van der Waals surface area (Å²) in [7, 11) is -3.45. The summed E-state index contributed by atoms with van der Waals surface area (Å²) >= 11 is 0. The van der Waals surface area contributed by atoms with Crippen LogP contribution >= 0.6 is 0 Å². The predicted octanol–water partition coefficient (Wildman–Crippen LogP) is 6.38. The monoisotopic (exact) mass is 433 g/mol. The van der Waals surface area contributed by atoms with Gasteiger partial charge in [-0.2, -0.15) is 0 Å². The average molecular weight is 434 g/mol. The minimum atomic E-state index is -2.02. The van der Waals surface area contributed by atoms with Crippen LogP contribution in [-0.4, -0.2) is 17.4 Å². The summed E-state index contributed by atoms with van der Waals surface area (Å²) in [6, 6.07) is 5.93. The molecule has 158 valence electrons. The molecule has 0 aliphatic heterocycles. The van der Waals surface area contributed by atoms with Crippen LogP contribution in [0, 0.1) is 37.8 Å². The van der Waals surface area contributed by atoms with Gasteiger partial charge in [0.1, 0.15) is 5.75 Å². The van der Waals surface area contributed by atoms with E-state index in [1.165, 1.54) is 12.1 Å². The third-order valence-corrected chi connectivity index (χ3v) is 12.1. The second kappa shape index (κ2) is 8.03. The molecular weight excluding hydrogens is 402 g/mol. The number of rotatable bonds is 5. The Kier molecular flexibility index (Phi) is 6.45. The number of nitro groups is 1. The minimum Gasteiger partial charge on any atom is -0.543 e. The molecule has 0 radical (unpaired) electrons. The van der Waals surface area contributed by atoms with Crippen LogP contribution in [0.2, 0.25) is 18.1 Å². The molecular formula is C22H31NO4SSi. The smallest absolute Gasteiger partial charge is 0.269 e. The van der Waals surface area contributed by atoms with Gasteiger partial charge in [0, 0.05) is 17.0 Å². The zero-order valence-electron chi connectivity index (χ0n) is 18.8. The van der Waals surface area contributed by atoms with Crippen LogP contribution in [0.1, 0.15) is 43.0 Å². The van der Waals surface area contributed by atoms with Gasteiger partial charge < -0.3 is 4.43 Å². The molecule has 1 unspecified atom stereocenters. The van der Waals surface area contributed by atoms with Crippen LogP contribution in [0.3, 0.4) is 0 Å². The van der Waals surface area contributed by atoms with Gasteiger partial charge in [0.25, 0.3) is 14.0 Å². The Bertz CT molecular complexity index is 947. The number of non-ortho nitro benzene ring substituents is 1. The van der Waals surface area contributed by atoms with Gasteiger partial charge in [0.05, 0.1) is 20.6 Å². The van der Waals surface area contributed by atoms with E-state index in [0.717, 1.165) is 32.9 Å². The first-order chi connectivity index (χ1) is 13.2. The first kappa shape index (κ1) is 23.3. The molecule has 0 N–H and O–H groups in total. The Hall–Kier alpha value is -1.99. The van der Waals surface area contributed by atoms with E-state index in [1.54, 1.807) is 12.1 Å². The van der Waals surface area contributed by atoms with Crippen molar-refractivity contribution in [1.82, 2.24) is 0 Å². The second-order valence-corrected chi connectivity index (χ2v) is 15.2. The molecule has 0 amide bonds. The van der Waals surface area contributed by atoms with Crippen LogP contribution in [0.25, 0.3) is 0 Å². The fourth-order valence-electron chi connectivity index (χ4n) is 2.89. The lowest BCUT2D eigenvalue weighted by Gasteiger charge is -2.38. The fourth-order valence-corrected chi connectivity index (χ4v) is 5.50. The Morgan fingerprint density at radius 2 is 1.38 bits per heavy atom. The van der Waals surface area contributed by atoms with Crippen molar-refractivity contribution in [2.24, 2.45) is 0 Å². The number of benzene rings is 2. The van der Waals surface area contributed by atoms with Crippen molar-refractivity contribution >= 4 is 24.8 Å². The van der Waals surface area contributed by atoms with Crippen molar-refractivity contribution in [2.75, 3.05) is 0 Å². The Morgan fingerprint density at radius 1 is 0.931 bits per heavy atom. The summed E-state index contributed by atoms with van der Waals surface area (Å²) in [4.78, 5) is 11.8. The predicted molar refractivity (Wildman–Crippen MR) is 121 cm³/mol. The van der Waals surface area contributed by atoms with Gasteiger partial charge in [0.2, 0.25) is 0 Å². The third kappa shape index (κ3) is 4.45. The maximum absolute atomic E-state index is 13.3. The third-order valence-electron chi connectivity index (χ3n) is 6.10. The molecule has 5 nitrogen and oxygen atoms in total. The summed E-state index contributed by atoms with van der Waals surface area (Å²) in [5.74, 6) is 0.899. The van der Waals surface area contributed by atoms with Crippen molar-refractivity contribution in [1.29, 1.82) is 0 Å². The minimum absolute atomic E-state index is 0.00956. The van der Waals surface area contributed by atoms with E-state index in [9.17, 15) is 14.3 Å². The van der Waals surface area contributed by atoms with E-state index in [2.05, 4.69) is 33.9 Å². The normalized spacial score (nSPS) is 13.3. The van der Waals surface area contributed by atoms with E-state index >= 15 is 0 Å². The lowest BCUT2D eigenvalue weighted by Crippen LogP contribution is -2.44. The van der Waals surface area contributed by atoms with Crippen molar-refractivity contribution in [3.63, 3.8) is 0 Å². The van der Waals surface area contributed by atoms with Gasteiger partial charge >= 0.3 is 0 Å². The molecule has 2 aromatic carbocycles. The van der Waals surface area contributed by atoms with Crippen molar-refractivity contribution in [3.05, 3.63) is 56.6 Å². The first-order valence-electron chi connectivity index (χ1n) is 9.64. The molecule has 0 aromatic heterocycles. The Labute approximate surface area is 177 Å². The molecule has 0 bridgehead atoms. The molecule has 7 heteroatoms. The van der Waals surface area contributed by atoms with E-state index in [4.69, 9.17) is 4.43 Å². The highest BCUT2D eigenvalue weighted by Gasteiger charge is 2.40. The highest BCUT2D eigenvalue weighted by molar-refractivity contribution is 7.85. The fraction of sp³-hybridized carbons (Fsp3) is 0.455. The number of nitrogens with zero attached hydrogens (tertiary/aromatic N) is 1. The molecule has 1 atom stereocenters. The number of hydrogen-bond acceptors (Lipinski definition) is 4. The van der Waals surface area contributed by atoms with Crippen molar-refractivity contribution in [2.45, 2.75) is 76.4 Å². The quantitative estimate of drug-likeness (QED) is 0.312. The van der Waals surface area contributed by atoms with Crippen LogP contribution in [-0.2, 0) is 10.8 Å². The largest absolute Gasteiger partial charge is 0.543 e. The molecule has 29 heavy (non-hydrogen) atoms. The Balaban J connectivity index is 2.56. The maximum Gasteiger partial charge on any atom is 0.269 e. The molecule has 0 spiro atoms. The SMILES string of the molecule is Cc1c(C)c(S(=O)c2ccc([N+](=O)[O-])cc2)c(C)c(C)c1O[Si](C)(C)C(C)(C)C. The van der Waals surface area contributed by atoms with Gasteiger partial charge in [-0.3, -0.25) is 10.1 Å². The molecule has 0 heterocycles. The summed E-state index contributed by atoms with van der Waals surface area (Å²) in [6.45, 7) is 19.0. The standard InChI is InChI=1S/C22H31NO4SSi/c1-14-16(3)21(28(26)19-12-10-18(11-13-19)23(24)25)17(4)15(2)20(14)27-29(8,9)22(5,6)7/h10-13H,1-9H3. The van der Waals surface area contributed by atoms with Gasteiger partial charge in [-0.25, -0.2) is 4.21 Å². The molecule has 0 aliphatic rings. The van der Waals surface area contributed by atoms with E-state index in [1.807, 2.05) is 27.7 Å². The lowest BCUT2D eigenvalue weighted by atomic mass is 10.00. The number of nitro benzene ring substituents is 1. The second-order valence-electron chi connectivity index (χ2n) is 9.04. The average Bonchev–Trinajstić information content (AvgIpc) is 2.62. The van der Waals surface area contributed by atoms with Crippen LogP contribution in [0.4, 0.5) is 5.69 Å². The van der Waals surface area contributed by atoms with E-state index < -0.39 is 24.0 Å². The molecule has 2 rings (SSSR count). The molecule has 0 saturated carbocycles. The van der Waals surface area contributed by atoms with Gasteiger partial charge in [-0.1, -0.05) is 20.8 Å². The van der Waals surface area contributed by atoms with Gasteiger partial charge in [-0.05, 0) is 80.2 Å². The van der Waals surface area contributed by atoms with Crippen molar-refractivity contribution in [3.8, 4) is 5.75 Å². The topological polar surface area (TPSA) is 69.4 Å². The van der Waals surface area contributed by atoms with Crippen LogP contribution in [0.5, 0.6) is 5.75 Å². The highest BCUT2D eigenvalue weighted by atomic mass is 32.2. The zero-order valence-corrected chi connectivity index (χ0v) is 20.6. The Morgan fingerprint density at radius 3 is 1.76 bits per heavy atom. The van der Waals surface area contributed by atoms with Gasteiger partial charge in [-0.15, -0.1) is 0 Å². The lowest BCUT2D eigenvalue weighted by molar-refractivity contribution is -0.384. The molecule has 2 aromatic rings. The zero-order chi connectivity index (χ0) is 22.3. The molecule has 0 aliphatic carbocycles. The van der Waals surface area contributed by atoms with Gasteiger partial charge in [0.15, 0.2) is 0 Å². The first-order valence-corrected chi connectivity index (χ1v) is 13.7. The summed E-state index contributed by atoms with van der Waals surface area (Å²) in [6.07, 6.45) is 0. The summed E-state index contributed by atoms with van der Waals surface area (Å²) in [5.41, 5.74) is 3.88. The van der Waals surface area contributed by atoms with E-state index in [-0.39, 0.29) is 10.7 Å². The molecule has 0 saturated heterocycles. The van der Waals surface area contributed by atoms with Crippen LogP contribution < -0.4 is 4.43 Å². The van der Waals surface area contributed by atoms with E-state index in [0.29, 0.717) is 4.90 Å². The maximum atomic E-state index is 13.3. The number of hydrogen-bond donors (Lipinski definition) is 0. The highest BCUT2D eigenvalue weighted by Crippen LogP contribution is 2.42. The van der Waals surface area contributed by atoms with Crippen LogP contribution in [0.15, 0.2) is 34.1 Å². The molecule has 0 fully saturated rings. The summed E-state index contributed by atoms with van der Waals surface area (Å²) < 4.78 is 20.0. The van der Waals surface area contributed by atoms with Crippen molar-refractivity contribution < 1.29 is 13.6 Å².